The van der Waals surface area contributed by atoms with E-state index in [2.05, 4.69) is 11.0 Å². The summed E-state index contributed by atoms with van der Waals surface area (Å²) < 4.78 is 0. The van der Waals surface area contributed by atoms with Crippen molar-refractivity contribution in [2.45, 2.75) is 44.2 Å². The number of Topliss-reactive ketones (excluding diaryl/α,β-unsaturated/α-hetero) is 1. The zero-order valence-electron chi connectivity index (χ0n) is 15.0. The number of hydrogen-bond donors (Lipinski definition) is 0. The molecule has 0 unspecified atom stereocenters. The Bertz CT molecular complexity index is 876. The second-order valence-corrected chi connectivity index (χ2v) is 8.09. The monoisotopic (exact) mass is 350 g/mol. The Balaban J connectivity index is 1.79. The third-order valence-corrected chi connectivity index (χ3v) is 7.16. The van der Waals surface area contributed by atoms with Crippen LogP contribution in [0.4, 0.5) is 5.69 Å². The molecule has 26 heavy (non-hydrogen) atoms. The number of amides is 1. The lowest BCUT2D eigenvalue weighted by molar-refractivity contribution is -0.120. The lowest BCUT2D eigenvalue weighted by Gasteiger charge is -2.53. The number of anilines is 1. The van der Waals surface area contributed by atoms with Crippen molar-refractivity contribution in [3.63, 3.8) is 0 Å². The molecule has 5 atom stereocenters. The van der Waals surface area contributed by atoms with E-state index in [1.165, 1.54) is 5.56 Å². The van der Waals surface area contributed by atoms with Gasteiger partial charge in [-0.3, -0.25) is 9.59 Å². The maximum Gasteiger partial charge on any atom is 0.224 e. The predicted octanol–water partition coefficient (Wildman–Crippen LogP) is 2.06. The molecule has 0 N–H and O–H groups in total. The van der Waals surface area contributed by atoms with E-state index in [0.717, 1.165) is 36.9 Å². The zero-order valence-corrected chi connectivity index (χ0v) is 15.0. The van der Waals surface area contributed by atoms with Gasteiger partial charge in [-0.15, -0.1) is 0 Å². The molecule has 5 rings (SSSR count). The molecule has 4 aliphatic rings. The molecule has 2 bridgehead atoms. The summed E-state index contributed by atoms with van der Waals surface area (Å²) in [7, 11) is 0. The van der Waals surface area contributed by atoms with Gasteiger partial charge in [0.25, 0.3) is 0 Å². The first-order valence-corrected chi connectivity index (χ1v) is 9.33. The number of carbonyl (C=O) groups excluding carboxylic acids is 3. The molecular formula is C21H22N2O3. The Hall–Kier alpha value is -2.43. The Morgan fingerprint density at radius 2 is 2.00 bits per heavy atom. The van der Waals surface area contributed by atoms with Crippen LogP contribution in [0, 0.1) is 11.8 Å². The number of allylic oxidation sites excluding steroid dienone is 1. The van der Waals surface area contributed by atoms with Gasteiger partial charge in [0.2, 0.25) is 5.91 Å². The van der Waals surface area contributed by atoms with Crippen LogP contribution in [0.15, 0.2) is 36.0 Å². The van der Waals surface area contributed by atoms with Crippen LogP contribution in [0.5, 0.6) is 0 Å². The fourth-order valence-electron chi connectivity index (χ4n) is 6.34. The highest BCUT2D eigenvalue weighted by atomic mass is 16.2. The van der Waals surface area contributed by atoms with Gasteiger partial charge in [0.1, 0.15) is 6.29 Å². The van der Waals surface area contributed by atoms with Gasteiger partial charge in [-0.2, -0.15) is 0 Å². The fourth-order valence-corrected chi connectivity index (χ4v) is 6.34. The Morgan fingerprint density at radius 1 is 1.23 bits per heavy atom. The number of carbonyl (C=O) groups is 3. The molecular weight excluding hydrogens is 328 g/mol. The van der Waals surface area contributed by atoms with Crippen molar-refractivity contribution < 1.29 is 14.4 Å². The van der Waals surface area contributed by atoms with Crippen LogP contribution in [-0.4, -0.2) is 41.5 Å². The highest BCUT2D eigenvalue weighted by molar-refractivity contribution is 5.98. The normalized spacial score (nSPS) is 36.3. The van der Waals surface area contributed by atoms with Gasteiger partial charge < -0.3 is 14.6 Å². The molecule has 5 nitrogen and oxygen atoms in total. The Labute approximate surface area is 152 Å². The van der Waals surface area contributed by atoms with Crippen molar-refractivity contribution in [1.29, 1.82) is 0 Å². The summed E-state index contributed by atoms with van der Waals surface area (Å²) in [6.45, 7) is 4.02. The van der Waals surface area contributed by atoms with Crippen LogP contribution >= 0.6 is 0 Å². The number of aldehydes is 1. The summed E-state index contributed by atoms with van der Waals surface area (Å²) in [5.41, 5.74) is 2.66. The number of nitrogens with zero attached hydrogens (tertiary/aromatic N) is 2. The van der Waals surface area contributed by atoms with Crippen molar-refractivity contribution in [1.82, 2.24) is 4.90 Å². The molecule has 1 aromatic rings. The second-order valence-electron chi connectivity index (χ2n) is 8.09. The Kier molecular flexibility index (Phi) is 3.07. The molecule has 0 radical (unpaired) electrons. The molecule has 1 spiro atoms. The number of ketones is 1. The molecule has 1 saturated heterocycles. The lowest BCUT2D eigenvalue weighted by Crippen LogP contribution is -2.63. The van der Waals surface area contributed by atoms with Crippen LogP contribution in [-0.2, 0) is 19.8 Å². The van der Waals surface area contributed by atoms with Crippen LogP contribution in [0.2, 0.25) is 0 Å². The summed E-state index contributed by atoms with van der Waals surface area (Å²) in [6.07, 6.45) is 4.72. The number of hydrogen-bond acceptors (Lipinski definition) is 4. The van der Waals surface area contributed by atoms with E-state index < -0.39 is 0 Å². The van der Waals surface area contributed by atoms with Crippen LogP contribution in [0.25, 0.3) is 0 Å². The largest absolute Gasteiger partial charge is 0.373 e. The zero-order chi connectivity index (χ0) is 18.2. The standard InChI is InChI=1S/C21H22N2O3/c1-12(25)15-10-22-8-7-21-17-5-3-4-6-18(17)23(13(2)26)20(21)16(11-24)14(15)9-19(21)22/h3-6,10-11,14,16,19-20H,7-9H2,1-2H3/t14-,16+,19-,20-,21+/m0/s1. The highest BCUT2D eigenvalue weighted by Crippen LogP contribution is 2.62. The number of rotatable bonds is 2. The van der Waals surface area contributed by atoms with Gasteiger partial charge in [0, 0.05) is 54.2 Å². The van der Waals surface area contributed by atoms with Crippen molar-refractivity contribution in [3.8, 4) is 0 Å². The summed E-state index contributed by atoms with van der Waals surface area (Å²) in [6, 6.07) is 8.14. The van der Waals surface area contributed by atoms with Crippen molar-refractivity contribution in [2.24, 2.45) is 11.8 Å². The quantitative estimate of drug-likeness (QED) is 0.766. The first kappa shape index (κ1) is 15.8. The molecule has 1 saturated carbocycles. The van der Waals surface area contributed by atoms with Gasteiger partial charge in [-0.25, -0.2) is 0 Å². The predicted molar refractivity (Wildman–Crippen MR) is 96.6 cm³/mol. The second kappa shape index (κ2) is 5.06. The number of para-hydroxylation sites is 1. The smallest absolute Gasteiger partial charge is 0.224 e. The summed E-state index contributed by atoms with van der Waals surface area (Å²) >= 11 is 0. The fraction of sp³-hybridized carbons (Fsp3) is 0.476. The molecule has 5 heteroatoms. The van der Waals surface area contributed by atoms with Crippen molar-refractivity contribution in [2.75, 3.05) is 11.4 Å². The Morgan fingerprint density at radius 3 is 2.69 bits per heavy atom. The van der Waals surface area contributed by atoms with Gasteiger partial charge in [0.15, 0.2) is 5.78 Å². The average molecular weight is 350 g/mol. The number of fused-ring (bicyclic) bond motifs is 2. The van der Waals surface area contributed by atoms with E-state index in [9.17, 15) is 14.4 Å². The van der Waals surface area contributed by atoms with Gasteiger partial charge in [-0.05, 0) is 31.4 Å². The molecule has 1 aliphatic carbocycles. The van der Waals surface area contributed by atoms with E-state index >= 15 is 0 Å². The van der Waals surface area contributed by atoms with Crippen LogP contribution in [0.3, 0.4) is 0 Å². The van der Waals surface area contributed by atoms with E-state index in [0.29, 0.717) is 0 Å². The number of benzene rings is 1. The lowest BCUT2D eigenvalue weighted by atomic mass is 9.56. The van der Waals surface area contributed by atoms with Crippen LogP contribution in [0.1, 0.15) is 32.3 Å². The highest BCUT2D eigenvalue weighted by Gasteiger charge is 2.67. The molecule has 3 aliphatic heterocycles. The van der Waals surface area contributed by atoms with Crippen LogP contribution < -0.4 is 4.90 Å². The van der Waals surface area contributed by atoms with E-state index in [1.54, 1.807) is 13.8 Å². The van der Waals surface area contributed by atoms with E-state index in [4.69, 9.17) is 0 Å². The molecule has 2 fully saturated rings. The third kappa shape index (κ3) is 1.64. The molecule has 0 aromatic heterocycles. The first-order valence-electron chi connectivity index (χ1n) is 9.33. The molecule has 3 heterocycles. The molecule has 134 valence electrons. The van der Waals surface area contributed by atoms with Gasteiger partial charge >= 0.3 is 0 Å². The van der Waals surface area contributed by atoms with Gasteiger partial charge in [-0.1, -0.05) is 18.2 Å². The third-order valence-electron chi connectivity index (χ3n) is 7.16. The van der Waals surface area contributed by atoms with E-state index in [1.807, 2.05) is 29.3 Å². The minimum atomic E-state index is -0.349. The van der Waals surface area contributed by atoms with Gasteiger partial charge in [0.05, 0.1) is 6.04 Å². The van der Waals surface area contributed by atoms with E-state index in [-0.39, 0.29) is 41.0 Å². The summed E-state index contributed by atoms with van der Waals surface area (Å²) in [5, 5.41) is 0. The average Bonchev–Trinajstić information content (AvgIpc) is 3.15. The molecule has 1 amide bonds. The minimum Gasteiger partial charge on any atom is -0.373 e. The topological polar surface area (TPSA) is 57.7 Å². The maximum absolute atomic E-state index is 12.6. The SMILES string of the molecule is CC(=O)C1=CN2CC[C@]34c5ccccc5N(C(C)=O)[C@H]3[C@H](C=O)[C@H]1C[C@H]24. The summed E-state index contributed by atoms with van der Waals surface area (Å²) in [5.74, 6) is -0.445. The minimum absolute atomic E-state index is 0.0297. The first-order chi connectivity index (χ1) is 12.5. The van der Waals surface area contributed by atoms with Crippen molar-refractivity contribution >= 4 is 23.7 Å². The maximum atomic E-state index is 12.6. The molecule has 1 aromatic carbocycles. The van der Waals surface area contributed by atoms with Crippen molar-refractivity contribution in [3.05, 3.63) is 41.6 Å². The summed E-state index contributed by atoms with van der Waals surface area (Å²) in [4.78, 5) is 41.3.